The summed E-state index contributed by atoms with van der Waals surface area (Å²) in [5.41, 5.74) is 2.39. The zero-order chi connectivity index (χ0) is 13.9. The molecule has 0 spiro atoms. The van der Waals surface area contributed by atoms with Crippen LogP contribution in [0.5, 0.6) is 0 Å². The Morgan fingerprint density at radius 2 is 2.05 bits per heavy atom. The number of rotatable bonds is 3. The van der Waals surface area contributed by atoms with Crippen LogP contribution in [-0.4, -0.2) is 36.2 Å². The highest BCUT2D eigenvalue weighted by Gasteiger charge is 2.18. The van der Waals surface area contributed by atoms with Gasteiger partial charge in [0.15, 0.2) is 0 Å². The van der Waals surface area contributed by atoms with E-state index in [4.69, 9.17) is 16.1 Å². The number of anilines is 1. The van der Waals surface area contributed by atoms with Crippen molar-refractivity contribution in [3.05, 3.63) is 46.8 Å². The molecule has 5 heteroatoms. The van der Waals surface area contributed by atoms with Crippen LogP contribution >= 0.6 is 11.6 Å². The van der Waals surface area contributed by atoms with Gasteiger partial charge in [0.2, 0.25) is 0 Å². The lowest BCUT2D eigenvalue weighted by Crippen LogP contribution is -2.46. The minimum atomic E-state index is 0.796. The van der Waals surface area contributed by atoms with E-state index in [-0.39, 0.29) is 0 Å². The molecule has 0 aliphatic carbocycles. The van der Waals surface area contributed by atoms with Gasteiger partial charge < -0.3 is 9.42 Å². The van der Waals surface area contributed by atoms with Gasteiger partial charge in [-0.25, -0.2) is 0 Å². The molecule has 3 rings (SSSR count). The number of aromatic nitrogens is 1. The molecule has 1 aliphatic heterocycles. The van der Waals surface area contributed by atoms with Crippen LogP contribution in [0.4, 0.5) is 5.69 Å². The van der Waals surface area contributed by atoms with Crippen molar-refractivity contribution in [2.24, 2.45) is 0 Å². The average molecular weight is 292 g/mol. The van der Waals surface area contributed by atoms with Gasteiger partial charge in [0.05, 0.1) is 6.20 Å². The lowest BCUT2D eigenvalue weighted by Gasteiger charge is -2.36. The topological polar surface area (TPSA) is 32.5 Å². The molecule has 106 valence electrons. The fourth-order valence-corrected chi connectivity index (χ4v) is 2.73. The molecule has 1 aliphatic rings. The van der Waals surface area contributed by atoms with E-state index in [0.29, 0.717) is 0 Å². The van der Waals surface area contributed by atoms with Crippen LogP contribution in [0.15, 0.2) is 35.0 Å². The van der Waals surface area contributed by atoms with Crippen LogP contribution in [0.1, 0.15) is 11.3 Å². The summed E-state index contributed by atoms with van der Waals surface area (Å²) in [4.78, 5) is 4.81. The van der Waals surface area contributed by atoms with Crippen LogP contribution < -0.4 is 4.90 Å². The highest BCUT2D eigenvalue weighted by molar-refractivity contribution is 6.30. The standard InChI is InChI=1S/C15H18ClN3O/c1-12-13(10-17-20-12)11-18-5-7-19(8-6-18)15-4-2-3-14(16)9-15/h2-4,9-10H,5-8,11H2,1H3. The van der Waals surface area contributed by atoms with E-state index >= 15 is 0 Å². The zero-order valence-corrected chi connectivity index (χ0v) is 12.3. The molecule has 0 amide bonds. The van der Waals surface area contributed by atoms with Gasteiger partial charge in [0, 0.05) is 49.0 Å². The highest BCUT2D eigenvalue weighted by Crippen LogP contribution is 2.21. The van der Waals surface area contributed by atoms with Crippen LogP contribution in [0.25, 0.3) is 0 Å². The van der Waals surface area contributed by atoms with E-state index in [1.54, 1.807) is 0 Å². The van der Waals surface area contributed by atoms with E-state index in [2.05, 4.69) is 21.0 Å². The molecular weight excluding hydrogens is 274 g/mol. The molecule has 1 aromatic heterocycles. The first-order valence-corrected chi connectivity index (χ1v) is 7.23. The summed E-state index contributed by atoms with van der Waals surface area (Å²) in [5, 5.41) is 4.63. The number of hydrogen-bond acceptors (Lipinski definition) is 4. The Hall–Kier alpha value is -1.52. The molecule has 1 aromatic carbocycles. The van der Waals surface area contributed by atoms with Crippen molar-refractivity contribution in [3.63, 3.8) is 0 Å². The maximum Gasteiger partial charge on any atom is 0.138 e. The predicted octanol–water partition coefficient (Wildman–Crippen LogP) is 2.96. The van der Waals surface area contributed by atoms with E-state index in [1.807, 2.05) is 31.3 Å². The third-order valence-electron chi connectivity index (χ3n) is 3.79. The van der Waals surface area contributed by atoms with Crippen molar-refractivity contribution < 1.29 is 4.52 Å². The number of aryl methyl sites for hydroxylation is 1. The Morgan fingerprint density at radius 1 is 1.25 bits per heavy atom. The fraction of sp³-hybridized carbons (Fsp3) is 0.400. The third-order valence-corrected chi connectivity index (χ3v) is 4.03. The van der Waals surface area contributed by atoms with Crippen LogP contribution in [-0.2, 0) is 6.54 Å². The van der Waals surface area contributed by atoms with Gasteiger partial charge in [-0.15, -0.1) is 0 Å². The first-order valence-electron chi connectivity index (χ1n) is 6.85. The van der Waals surface area contributed by atoms with Crippen LogP contribution in [0.2, 0.25) is 5.02 Å². The van der Waals surface area contributed by atoms with Gasteiger partial charge in [0.1, 0.15) is 5.76 Å². The second kappa shape index (κ2) is 5.85. The lowest BCUT2D eigenvalue weighted by molar-refractivity contribution is 0.248. The fourth-order valence-electron chi connectivity index (χ4n) is 2.55. The van der Waals surface area contributed by atoms with Crippen molar-refractivity contribution in [3.8, 4) is 0 Å². The van der Waals surface area contributed by atoms with E-state index in [9.17, 15) is 0 Å². The summed E-state index contributed by atoms with van der Waals surface area (Å²) in [7, 11) is 0. The Kier molecular flexibility index (Phi) is 3.94. The molecule has 0 radical (unpaired) electrons. The van der Waals surface area contributed by atoms with Gasteiger partial charge >= 0.3 is 0 Å². The molecule has 0 unspecified atom stereocenters. The largest absolute Gasteiger partial charge is 0.369 e. The predicted molar refractivity (Wildman–Crippen MR) is 80.2 cm³/mol. The molecule has 0 atom stereocenters. The molecule has 0 bridgehead atoms. The maximum atomic E-state index is 6.05. The van der Waals surface area contributed by atoms with Crippen molar-refractivity contribution >= 4 is 17.3 Å². The highest BCUT2D eigenvalue weighted by atomic mass is 35.5. The molecule has 0 N–H and O–H groups in total. The van der Waals surface area contributed by atoms with E-state index < -0.39 is 0 Å². The molecule has 20 heavy (non-hydrogen) atoms. The molecule has 4 nitrogen and oxygen atoms in total. The second-order valence-corrected chi connectivity index (χ2v) is 5.59. The molecule has 2 heterocycles. The van der Waals surface area contributed by atoms with Crippen LogP contribution in [0.3, 0.4) is 0 Å². The minimum absolute atomic E-state index is 0.796. The second-order valence-electron chi connectivity index (χ2n) is 5.15. The number of hydrogen-bond donors (Lipinski definition) is 0. The summed E-state index contributed by atoms with van der Waals surface area (Å²) < 4.78 is 5.11. The lowest BCUT2D eigenvalue weighted by atomic mass is 10.2. The summed E-state index contributed by atoms with van der Waals surface area (Å²) in [6, 6.07) is 8.06. The molecule has 1 fully saturated rings. The smallest absolute Gasteiger partial charge is 0.138 e. The number of nitrogens with zero attached hydrogens (tertiary/aromatic N) is 3. The molecule has 2 aromatic rings. The summed E-state index contributed by atoms with van der Waals surface area (Å²) in [6.07, 6.45) is 1.82. The number of halogens is 1. The SMILES string of the molecule is Cc1oncc1CN1CCN(c2cccc(Cl)c2)CC1. The van der Waals surface area contributed by atoms with E-state index in [1.165, 1.54) is 11.3 Å². The van der Waals surface area contributed by atoms with Crippen molar-refractivity contribution in [1.29, 1.82) is 0 Å². The van der Waals surface area contributed by atoms with E-state index in [0.717, 1.165) is 43.5 Å². The molecule has 0 saturated carbocycles. The van der Waals surface area contributed by atoms with Crippen molar-refractivity contribution in [2.45, 2.75) is 13.5 Å². The van der Waals surface area contributed by atoms with Crippen molar-refractivity contribution in [1.82, 2.24) is 10.1 Å². The molecule has 1 saturated heterocycles. The van der Waals surface area contributed by atoms with Gasteiger partial charge in [-0.3, -0.25) is 4.90 Å². The Balaban J connectivity index is 1.58. The normalized spacial score (nSPS) is 16.6. The first kappa shape index (κ1) is 13.5. The monoisotopic (exact) mass is 291 g/mol. The van der Waals surface area contributed by atoms with Gasteiger partial charge in [-0.1, -0.05) is 22.8 Å². The third kappa shape index (κ3) is 2.97. The maximum absolute atomic E-state index is 6.05. The molecular formula is C15H18ClN3O. The average Bonchev–Trinajstić information content (AvgIpc) is 2.85. The summed E-state index contributed by atoms with van der Waals surface area (Å²) >= 11 is 6.05. The van der Waals surface area contributed by atoms with Gasteiger partial charge in [-0.05, 0) is 25.1 Å². The van der Waals surface area contributed by atoms with Gasteiger partial charge in [0.25, 0.3) is 0 Å². The quantitative estimate of drug-likeness (QED) is 0.870. The number of benzene rings is 1. The summed E-state index contributed by atoms with van der Waals surface area (Å²) in [6.45, 7) is 6.99. The Bertz CT molecular complexity index is 576. The Labute approximate surface area is 123 Å². The van der Waals surface area contributed by atoms with Crippen LogP contribution in [0, 0.1) is 6.92 Å². The Morgan fingerprint density at radius 3 is 2.70 bits per heavy atom. The summed E-state index contributed by atoms with van der Waals surface area (Å²) in [5.74, 6) is 0.919. The van der Waals surface area contributed by atoms with Crippen molar-refractivity contribution in [2.75, 3.05) is 31.1 Å². The van der Waals surface area contributed by atoms with Gasteiger partial charge in [-0.2, -0.15) is 0 Å². The first-order chi connectivity index (χ1) is 9.72. The minimum Gasteiger partial charge on any atom is -0.369 e. The number of piperazine rings is 1. The zero-order valence-electron chi connectivity index (χ0n) is 11.6.